The van der Waals surface area contributed by atoms with Crippen LogP contribution in [0.25, 0.3) is 0 Å². The second kappa shape index (κ2) is 5.16. The van der Waals surface area contributed by atoms with Crippen LogP contribution in [0.5, 0.6) is 0 Å². The Balaban J connectivity index is 2.34. The van der Waals surface area contributed by atoms with Crippen molar-refractivity contribution >= 4 is 29.1 Å². The Bertz CT molecular complexity index is 576. The number of hydrogen-bond acceptors (Lipinski definition) is 4. The van der Waals surface area contributed by atoms with Gasteiger partial charge >= 0.3 is 0 Å². The Morgan fingerprint density at radius 3 is 2.28 bits per heavy atom. The van der Waals surface area contributed by atoms with Gasteiger partial charge in [-0.25, -0.2) is 9.97 Å². The van der Waals surface area contributed by atoms with E-state index in [0.29, 0.717) is 15.9 Å². The molecule has 0 radical (unpaired) electrons. The van der Waals surface area contributed by atoms with Gasteiger partial charge < -0.3 is 5.73 Å². The zero-order chi connectivity index (χ0) is 13.3. The maximum Gasteiger partial charge on any atom is 0.192 e. The minimum absolute atomic E-state index is 0.633. The molecule has 94 valence electrons. The van der Waals surface area contributed by atoms with Gasteiger partial charge in [-0.3, -0.25) is 0 Å². The lowest BCUT2D eigenvalue weighted by molar-refractivity contribution is 0.881. The lowest BCUT2D eigenvalue weighted by atomic mass is 10.2. The molecule has 1 aromatic carbocycles. The van der Waals surface area contributed by atoms with Crippen molar-refractivity contribution in [3.05, 3.63) is 40.2 Å². The normalized spacial score (nSPS) is 10.7. The van der Waals surface area contributed by atoms with E-state index in [-0.39, 0.29) is 0 Å². The van der Waals surface area contributed by atoms with E-state index in [0.717, 1.165) is 21.8 Å². The third-order valence-electron chi connectivity index (χ3n) is 2.79. The van der Waals surface area contributed by atoms with Gasteiger partial charge in [-0.15, -0.1) is 0 Å². The number of nitrogen functional groups attached to an aromatic ring is 1. The van der Waals surface area contributed by atoms with E-state index in [4.69, 9.17) is 17.3 Å². The van der Waals surface area contributed by atoms with Gasteiger partial charge in [-0.05, 0) is 56.3 Å². The summed E-state index contributed by atoms with van der Waals surface area (Å²) in [7, 11) is 0. The molecule has 2 N–H and O–H groups in total. The van der Waals surface area contributed by atoms with Crippen LogP contribution in [-0.2, 0) is 0 Å². The van der Waals surface area contributed by atoms with Gasteiger partial charge in [0, 0.05) is 27.0 Å². The maximum atomic E-state index is 5.91. The van der Waals surface area contributed by atoms with Crippen LogP contribution in [0, 0.1) is 20.8 Å². The first kappa shape index (κ1) is 13.2. The Kier molecular flexibility index (Phi) is 3.78. The minimum atomic E-state index is 0.633. The number of halogens is 1. The molecule has 0 saturated heterocycles. The lowest BCUT2D eigenvalue weighted by Crippen LogP contribution is -1.98. The van der Waals surface area contributed by atoms with Crippen LogP contribution >= 0.6 is 23.4 Å². The number of hydrogen-bond donors (Lipinski definition) is 1. The van der Waals surface area contributed by atoms with Crippen molar-refractivity contribution in [1.29, 1.82) is 0 Å². The number of nitrogens with zero attached hydrogens (tertiary/aromatic N) is 2. The Labute approximate surface area is 116 Å². The van der Waals surface area contributed by atoms with E-state index in [1.54, 1.807) is 6.07 Å². The molecule has 0 saturated carbocycles. The molecule has 3 nitrogen and oxygen atoms in total. The largest absolute Gasteiger partial charge is 0.398 e. The number of aromatic nitrogens is 2. The SMILES string of the molecule is Cc1nc(Sc2ccc(Cl)cc2N)nc(C)c1C. The molecule has 0 bridgehead atoms. The molecule has 1 heterocycles. The van der Waals surface area contributed by atoms with Crippen LogP contribution in [-0.4, -0.2) is 9.97 Å². The van der Waals surface area contributed by atoms with E-state index in [9.17, 15) is 0 Å². The number of aryl methyl sites for hydroxylation is 2. The van der Waals surface area contributed by atoms with Crippen LogP contribution in [0.15, 0.2) is 28.3 Å². The summed E-state index contributed by atoms with van der Waals surface area (Å²) in [6.45, 7) is 5.99. The molecule has 0 aliphatic heterocycles. The second-order valence-corrected chi connectivity index (χ2v) is 5.53. The van der Waals surface area contributed by atoms with Crippen molar-refractivity contribution in [1.82, 2.24) is 9.97 Å². The van der Waals surface area contributed by atoms with Gasteiger partial charge in [0.05, 0.1) is 0 Å². The molecule has 2 aromatic rings. The third kappa shape index (κ3) is 2.76. The average Bonchev–Trinajstić information content (AvgIpc) is 2.29. The molecule has 18 heavy (non-hydrogen) atoms. The number of nitrogens with two attached hydrogens (primary N) is 1. The van der Waals surface area contributed by atoms with Crippen LogP contribution in [0.2, 0.25) is 5.02 Å². The van der Waals surface area contributed by atoms with Gasteiger partial charge in [0.25, 0.3) is 0 Å². The lowest BCUT2D eigenvalue weighted by Gasteiger charge is -2.08. The van der Waals surface area contributed by atoms with Crippen LogP contribution < -0.4 is 5.73 Å². The predicted molar refractivity (Wildman–Crippen MR) is 76.2 cm³/mol. The van der Waals surface area contributed by atoms with Crippen molar-refractivity contribution in [2.45, 2.75) is 30.8 Å². The zero-order valence-electron chi connectivity index (χ0n) is 10.5. The summed E-state index contributed by atoms with van der Waals surface area (Å²) in [4.78, 5) is 9.83. The second-order valence-electron chi connectivity index (χ2n) is 4.09. The Hall–Kier alpha value is -1.26. The molecule has 5 heteroatoms. The molecule has 2 rings (SSSR count). The first-order chi connectivity index (χ1) is 8.47. The van der Waals surface area contributed by atoms with Gasteiger partial charge in [0.1, 0.15) is 0 Å². The molecular formula is C13H14ClN3S. The fraction of sp³-hybridized carbons (Fsp3) is 0.231. The van der Waals surface area contributed by atoms with Crippen LogP contribution in [0.4, 0.5) is 5.69 Å². The first-order valence-corrected chi connectivity index (χ1v) is 6.71. The van der Waals surface area contributed by atoms with E-state index in [2.05, 4.69) is 9.97 Å². The predicted octanol–water partition coefficient (Wildman–Crippen LogP) is 3.79. The van der Waals surface area contributed by atoms with Gasteiger partial charge in [0.15, 0.2) is 5.16 Å². The molecule has 0 unspecified atom stereocenters. The fourth-order valence-corrected chi connectivity index (χ4v) is 2.55. The molecule has 0 amide bonds. The highest BCUT2D eigenvalue weighted by Gasteiger charge is 2.08. The summed E-state index contributed by atoms with van der Waals surface area (Å²) in [5.41, 5.74) is 9.68. The molecule has 0 aliphatic carbocycles. The minimum Gasteiger partial charge on any atom is -0.398 e. The van der Waals surface area contributed by atoms with E-state index in [1.165, 1.54) is 11.8 Å². The topological polar surface area (TPSA) is 51.8 Å². The van der Waals surface area contributed by atoms with E-state index < -0.39 is 0 Å². The summed E-state index contributed by atoms with van der Waals surface area (Å²) in [6, 6.07) is 5.43. The average molecular weight is 280 g/mol. The summed E-state index contributed by atoms with van der Waals surface area (Å²) in [5, 5.41) is 1.35. The summed E-state index contributed by atoms with van der Waals surface area (Å²) in [5.74, 6) is 0. The van der Waals surface area contributed by atoms with Gasteiger partial charge in [0.2, 0.25) is 0 Å². The highest BCUT2D eigenvalue weighted by atomic mass is 35.5. The highest BCUT2D eigenvalue weighted by Crippen LogP contribution is 2.32. The van der Waals surface area contributed by atoms with Crippen molar-refractivity contribution < 1.29 is 0 Å². The Morgan fingerprint density at radius 2 is 1.72 bits per heavy atom. The molecular weight excluding hydrogens is 266 g/mol. The quantitative estimate of drug-likeness (QED) is 0.671. The van der Waals surface area contributed by atoms with Crippen LogP contribution in [0.3, 0.4) is 0 Å². The number of anilines is 1. The fourth-order valence-electron chi connectivity index (χ4n) is 1.50. The molecule has 0 aliphatic rings. The van der Waals surface area contributed by atoms with Crippen molar-refractivity contribution in [2.24, 2.45) is 0 Å². The molecule has 0 spiro atoms. The van der Waals surface area contributed by atoms with Crippen molar-refractivity contribution in [3.8, 4) is 0 Å². The summed E-state index contributed by atoms with van der Waals surface area (Å²) < 4.78 is 0. The molecule has 0 fully saturated rings. The van der Waals surface area contributed by atoms with Gasteiger partial charge in [-0.2, -0.15) is 0 Å². The van der Waals surface area contributed by atoms with Crippen molar-refractivity contribution in [2.75, 3.05) is 5.73 Å². The molecule has 1 aromatic heterocycles. The standard InChI is InChI=1S/C13H14ClN3S/c1-7-8(2)16-13(17-9(7)3)18-12-5-4-10(14)6-11(12)15/h4-6H,15H2,1-3H3. The number of benzene rings is 1. The summed E-state index contributed by atoms with van der Waals surface area (Å²) >= 11 is 7.32. The van der Waals surface area contributed by atoms with E-state index >= 15 is 0 Å². The zero-order valence-corrected chi connectivity index (χ0v) is 12.1. The number of rotatable bonds is 2. The van der Waals surface area contributed by atoms with Gasteiger partial charge in [-0.1, -0.05) is 11.6 Å². The monoisotopic (exact) mass is 279 g/mol. The first-order valence-electron chi connectivity index (χ1n) is 5.52. The summed E-state index contributed by atoms with van der Waals surface area (Å²) in [6.07, 6.45) is 0. The van der Waals surface area contributed by atoms with E-state index in [1.807, 2.05) is 32.9 Å². The Morgan fingerprint density at radius 1 is 1.11 bits per heavy atom. The third-order valence-corrected chi connectivity index (χ3v) is 3.98. The highest BCUT2D eigenvalue weighted by molar-refractivity contribution is 7.99. The molecule has 0 atom stereocenters. The van der Waals surface area contributed by atoms with Crippen molar-refractivity contribution in [3.63, 3.8) is 0 Å². The maximum absolute atomic E-state index is 5.91. The smallest absolute Gasteiger partial charge is 0.192 e. The van der Waals surface area contributed by atoms with Crippen LogP contribution in [0.1, 0.15) is 17.0 Å².